The number of nitrogens with one attached hydrogen (secondary N) is 2. The largest absolute Gasteiger partial charge is 0.496 e. The number of methoxy groups -OCH3 is 1. The van der Waals surface area contributed by atoms with Crippen LogP contribution in [0.15, 0.2) is 42.5 Å². The molecule has 0 radical (unpaired) electrons. The second-order valence-corrected chi connectivity index (χ2v) is 6.63. The number of nitro benzene ring substituents is 1. The lowest BCUT2D eigenvalue weighted by molar-refractivity contribution is -0.921. The molecule has 2 aromatic rings. The molecular weight excluding hydrogens is 362 g/mol. The van der Waals surface area contributed by atoms with Crippen LogP contribution >= 0.6 is 0 Å². The zero-order valence-electron chi connectivity index (χ0n) is 15.8. The molecular formula is C20H24N3O5+. The van der Waals surface area contributed by atoms with E-state index in [9.17, 15) is 14.9 Å². The zero-order valence-corrected chi connectivity index (χ0v) is 15.8. The molecule has 1 aliphatic heterocycles. The van der Waals surface area contributed by atoms with E-state index in [4.69, 9.17) is 9.47 Å². The third-order valence-electron chi connectivity index (χ3n) is 4.84. The van der Waals surface area contributed by atoms with Gasteiger partial charge in [-0.25, -0.2) is 0 Å². The molecule has 2 N–H and O–H groups in total. The molecule has 1 saturated heterocycles. The van der Waals surface area contributed by atoms with Crippen molar-refractivity contribution in [2.75, 3.05) is 33.4 Å². The van der Waals surface area contributed by atoms with E-state index in [-0.39, 0.29) is 11.3 Å². The summed E-state index contributed by atoms with van der Waals surface area (Å²) in [5, 5.41) is 13.9. The van der Waals surface area contributed by atoms with Gasteiger partial charge in [0.2, 0.25) is 0 Å². The van der Waals surface area contributed by atoms with Crippen LogP contribution in [0.5, 0.6) is 5.75 Å². The molecule has 8 heteroatoms. The van der Waals surface area contributed by atoms with Gasteiger partial charge in [0.1, 0.15) is 25.4 Å². The topological polar surface area (TPSA) is 95.1 Å². The minimum absolute atomic E-state index is 0.146. The Kier molecular flexibility index (Phi) is 6.57. The SMILES string of the molecule is COc1ccc([N+](=O)[O-])cc1C(=O)NCc1ccccc1C[NH+]1CCOCC1. The Balaban J connectivity index is 1.71. The van der Waals surface area contributed by atoms with E-state index in [0.717, 1.165) is 38.4 Å². The van der Waals surface area contributed by atoms with E-state index >= 15 is 0 Å². The Hall–Kier alpha value is -2.97. The number of hydrogen-bond donors (Lipinski definition) is 2. The van der Waals surface area contributed by atoms with E-state index in [2.05, 4.69) is 11.4 Å². The predicted molar refractivity (Wildman–Crippen MR) is 102 cm³/mol. The molecule has 0 aliphatic carbocycles. The molecule has 1 amide bonds. The molecule has 2 aromatic carbocycles. The minimum atomic E-state index is -0.531. The lowest BCUT2D eigenvalue weighted by Crippen LogP contribution is -3.12. The maximum absolute atomic E-state index is 12.6. The first-order chi connectivity index (χ1) is 13.6. The van der Waals surface area contributed by atoms with E-state index < -0.39 is 10.8 Å². The van der Waals surface area contributed by atoms with Gasteiger partial charge in [0, 0.05) is 24.2 Å². The number of hydrogen-bond acceptors (Lipinski definition) is 5. The summed E-state index contributed by atoms with van der Waals surface area (Å²) in [7, 11) is 1.43. The smallest absolute Gasteiger partial charge is 0.270 e. The van der Waals surface area contributed by atoms with Crippen molar-refractivity contribution in [3.63, 3.8) is 0 Å². The number of rotatable bonds is 7. The number of carbonyl (C=O) groups excluding carboxylic acids is 1. The van der Waals surface area contributed by atoms with Crippen molar-refractivity contribution in [2.45, 2.75) is 13.1 Å². The van der Waals surface area contributed by atoms with E-state index in [1.54, 1.807) is 0 Å². The Bertz CT molecular complexity index is 849. The van der Waals surface area contributed by atoms with Crippen molar-refractivity contribution in [3.8, 4) is 5.75 Å². The van der Waals surface area contributed by atoms with Crippen molar-refractivity contribution in [2.24, 2.45) is 0 Å². The van der Waals surface area contributed by atoms with E-state index in [0.29, 0.717) is 12.3 Å². The molecule has 0 bridgehead atoms. The highest BCUT2D eigenvalue weighted by molar-refractivity contribution is 5.97. The quantitative estimate of drug-likeness (QED) is 0.546. The number of benzene rings is 2. The lowest BCUT2D eigenvalue weighted by Gasteiger charge is -2.24. The van der Waals surface area contributed by atoms with Crippen LogP contribution in [0.1, 0.15) is 21.5 Å². The summed E-state index contributed by atoms with van der Waals surface area (Å²) in [5.41, 5.74) is 2.19. The summed E-state index contributed by atoms with van der Waals surface area (Å²) in [6.07, 6.45) is 0. The Morgan fingerprint density at radius 2 is 1.93 bits per heavy atom. The number of morpholine rings is 1. The van der Waals surface area contributed by atoms with Crippen LogP contribution in [0.25, 0.3) is 0 Å². The third kappa shape index (κ3) is 4.85. The second-order valence-electron chi connectivity index (χ2n) is 6.63. The van der Waals surface area contributed by atoms with Crippen molar-refractivity contribution in [1.29, 1.82) is 0 Å². The average Bonchev–Trinajstić information content (AvgIpc) is 2.73. The molecule has 8 nitrogen and oxygen atoms in total. The summed E-state index contributed by atoms with van der Waals surface area (Å²) < 4.78 is 10.6. The number of non-ortho nitro benzene ring substituents is 1. The van der Waals surface area contributed by atoms with Crippen LogP contribution in [0.4, 0.5) is 5.69 Å². The van der Waals surface area contributed by atoms with Crippen LogP contribution in [0.2, 0.25) is 0 Å². The fourth-order valence-corrected chi connectivity index (χ4v) is 3.27. The Morgan fingerprint density at radius 3 is 2.61 bits per heavy atom. The van der Waals surface area contributed by atoms with Gasteiger partial charge in [-0.2, -0.15) is 0 Å². The number of nitrogens with zero attached hydrogens (tertiary/aromatic N) is 1. The molecule has 1 aliphatic rings. The standard InChI is InChI=1S/C20H23N3O5/c1-27-19-7-6-17(23(25)26)12-18(19)20(24)21-13-15-4-2-3-5-16(15)14-22-8-10-28-11-9-22/h2-7,12H,8-11,13-14H2,1H3,(H,21,24)/p+1. The van der Waals surface area contributed by atoms with Gasteiger partial charge in [-0.3, -0.25) is 14.9 Å². The highest BCUT2D eigenvalue weighted by atomic mass is 16.6. The highest BCUT2D eigenvalue weighted by Gasteiger charge is 2.19. The average molecular weight is 386 g/mol. The van der Waals surface area contributed by atoms with Crippen LogP contribution in [0, 0.1) is 10.1 Å². The second kappa shape index (κ2) is 9.29. The summed E-state index contributed by atoms with van der Waals surface area (Å²) in [6.45, 7) is 4.67. The number of nitro groups is 1. The molecule has 0 saturated carbocycles. The lowest BCUT2D eigenvalue weighted by atomic mass is 10.1. The molecule has 28 heavy (non-hydrogen) atoms. The fourth-order valence-electron chi connectivity index (χ4n) is 3.27. The highest BCUT2D eigenvalue weighted by Crippen LogP contribution is 2.24. The molecule has 148 valence electrons. The molecule has 1 heterocycles. The van der Waals surface area contributed by atoms with Gasteiger partial charge in [0.25, 0.3) is 11.6 Å². The first-order valence-electron chi connectivity index (χ1n) is 9.17. The molecule has 3 rings (SSSR count). The van der Waals surface area contributed by atoms with E-state index in [1.807, 2.05) is 18.2 Å². The van der Waals surface area contributed by atoms with Gasteiger partial charge in [-0.1, -0.05) is 24.3 Å². The maximum atomic E-state index is 12.6. The molecule has 1 fully saturated rings. The van der Waals surface area contributed by atoms with Crippen molar-refractivity contribution in [1.82, 2.24) is 5.32 Å². The maximum Gasteiger partial charge on any atom is 0.270 e. The van der Waals surface area contributed by atoms with Crippen LogP contribution in [-0.2, 0) is 17.8 Å². The van der Waals surface area contributed by atoms with Gasteiger partial charge in [0.05, 0.1) is 30.8 Å². The predicted octanol–water partition coefficient (Wildman–Crippen LogP) is 0.948. The number of amides is 1. The molecule has 0 aromatic heterocycles. The van der Waals surface area contributed by atoms with Crippen LogP contribution in [-0.4, -0.2) is 44.2 Å². The first-order valence-corrected chi connectivity index (χ1v) is 9.17. The van der Waals surface area contributed by atoms with Crippen LogP contribution < -0.4 is 15.0 Å². The van der Waals surface area contributed by atoms with E-state index in [1.165, 1.54) is 35.8 Å². The first kappa shape index (κ1) is 19.8. The van der Waals surface area contributed by atoms with Crippen LogP contribution in [0.3, 0.4) is 0 Å². The summed E-state index contributed by atoms with van der Waals surface area (Å²) in [6, 6.07) is 12.0. The fraction of sp³-hybridized carbons (Fsp3) is 0.350. The van der Waals surface area contributed by atoms with Gasteiger partial charge in [-0.15, -0.1) is 0 Å². The number of carbonyl (C=O) groups is 1. The molecule has 0 atom stereocenters. The zero-order chi connectivity index (χ0) is 19.9. The summed E-state index contributed by atoms with van der Waals surface area (Å²) >= 11 is 0. The number of quaternary nitrogens is 1. The van der Waals surface area contributed by atoms with Gasteiger partial charge < -0.3 is 19.7 Å². The van der Waals surface area contributed by atoms with Gasteiger partial charge in [-0.05, 0) is 11.6 Å². The Morgan fingerprint density at radius 1 is 1.21 bits per heavy atom. The monoisotopic (exact) mass is 386 g/mol. The summed E-state index contributed by atoms with van der Waals surface area (Å²) in [4.78, 5) is 24.6. The van der Waals surface area contributed by atoms with Crippen molar-refractivity contribution in [3.05, 3.63) is 69.3 Å². The molecule has 0 spiro atoms. The van der Waals surface area contributed by atoms with Gasteiger partial charge >= 0.3 is 0 Å². The molecule has 0 unspecified atom stereocenters. The van der Waals surface area contributed by atoms with Gasteiger partial charge in [0.15, 0.2) is 0 Å². The van der Waals surface area contributed by atoms with Crippen molar-refractivity contribution < 1.29 is 24.1 Å². The minimum Gasteiger partial charge on any atom is -0.496 e. The van der Waals surface area contributed by atoms with Crippen molar-refractivity contribution >= 4 is 11.6 Å². The number of ether oxygens (including phenoxy) is 2. The normalized spacial score (nSPS) is 14.5. The Labute approximate surface area is 163 Å². The third-order valence-corrected chi connectivity index (χ3v) is 4.84. The summed E-state index contributed by atoms with van der Waals surface area (Å²) in [5.74, 6) is -0.108.